The van der Waals surface area contributed by atoms with Crippen LogP contribution in [0.4, 0.5) is 0 Å². The fourth-order valence-electron chi connectivity index (χ4n) is 2.64. The Hall–Kier alpha value is -1.06. The second-order valence-corrected chi connectivity index (χ2v) is 4.93. The van der Waals surface area contributed by atoms with Crippen LogP contribution in [0.3, 0.4) is 0 Å². The van der Waals surface area contributed by atoms with Gasteiger partial charge in [0, 0.05) is 18.7 Å². The third-order valence-electron chi connectivity index (χ3n) is 3.48. The van der Waals surface area contributed by atoms with Gasteiger partial charge in [0.1, 0.15) is 5.75 Å². The number of phenolic OH excluding ortho intramolecular Hbond substituents is 1. The van der Waals surface area contributed by atoms with Crippen LogP contribution in [0.15, 0.2) is 24.3 Å². The number of para-hydroxylation sites is 1. The Morgan fingerprint density at radius 1 is 1.41 bits per heavy atom. The van der Waals surface area contributed by atoms with E-state index >= 15 is 0 Å². The summed E-state index contributed by atoms with van der Waals surface area (Å²) in [6.45, 7) is 4.24. The maximum atomic E-state index is 9.77. The first kappa shape index (κ1) is 12.4. The van der Waals surface area contributed by atoms with Crippen molar-refractivity contribution in [3.8, 4) is 5.75 Å². The van der Waals surface area contributed by atoms with Gasteiger partial charge in [0.05, 0.1) is 0 Å². The van der Waals surface area contributed by atoms with E-state index in [-0.39, 0.29) is 0 Å². The fourth-order valence-corrected chi connectivity index (χ4v) is 2.64. The smallest absolute Gasteiger partial charge is 0.120 e. The number of piperidine rings is 1. The van der Waals surface area contributed by atoms with Gasteiger partial charge in [-0.15, -0.1) is 0 Å². The topological polar surface area (TPSA) is 35.5 Å². The first-order valence-electron chi connectivity index (χ1n) is 6.43. The number of rotatable bonds is 4. The number of nitrogens with one attached hydrogen (secondary N) is 1. The van der Waals surface area contributed by atoms with E-state index in [1.54, 1.807) is 6.07 Å². The zero-order valence-electron chi connectivity index (χ0n) is 10.5. The lowest BCUT2D eigenvalue weighted by atomic mass is 9.97. The van der Waals surface area contributed by atoms with Crippen molar-refractivity contribution in [1.82, 2.24) is 10.2 Å². The fraction of sp³-hybridized carbons (Fsp3) is 0.571. The molecule has 1 aliphatic rings. The molecular weight excluding hydrogens is 212 g/mol. The standard InChI is InChI=1S/C14H22N2O/c1-15-9-12-5-4-8-16(10-12)11-13-6-2-3-7-14(13)17/h2-3,6-7,12,15,17H,4-5,8-11H2,1H3. The highest BCUT2D eigenvalue weighted by atomic mass is 16.3. The predicted octanol–water partition coefficient (Wildman–Crippen LogP) is 1.82. The van der Waals surface area contributed by atoms with Crippen LogP contribution in [-0.2, 0) is 6.54 Å². The first-order chi connectivity index (χ1) is 8.29. The molecule has 0 saturated carbocycles. The molecule has 1 heterocycles. The van der Waals surface area contributed by atoms with Crippen LogP contribution < -0.4 is 5.32 Å². The van der Waals surface area contributed by atoms with Crippen LogP contribution in [0, 0.1) is 5.92 Å². The van der Waals surface area contributed by atoms with Crippen LogP contribution in [0.25, 0.3) is 0 Å². The van der Waals surface area contributed by atoms with E-state index in [0.717, 1.165) is 37.7 Å². The van der Waals surface area contributed by atoms with Crippen molar-refractivity contribution in [3.05, 3.63) is 29.8 Å². The van der Waals surface area contributed by atoms with Gasteiger partial charge in [-0.3, -0.25) is 4.90 Å². The zero-order valence-corrected chi connectivity index (χ0v) is 10.5. The molecule has 1 atom stereocenters. The lowest BCUT2D eigenvalue weighted by Crippen LogP contribution is -2.38. The summed E-state index contributed by atoms with van der Waals surface area (Å²) in [6.07, 6.45) is 2.58. The molecule has 94 valence electrons. The molecule has 0 bridgehead atoms. The van der Waals surface area contributed by atoms with E-state index in [1.165, 1.54) is 12.8 Å². The van der Waals surface area contributed by atoms with E-state index in [9.17, 15) is 5.11 Å². The van der Waals surface area contributed by atoms with Gasteiger partial charge in [0.2, 0.25) is 0 Å². The monoisotopic (exact) mass is 234 g/mol. The molecule has 0 spiro atoms. The van der Waals surface area contributed by atoms with Gasteiger partial charge in [0.25, 0.3) is 0 Å². The second kappa shape index (κ2) is 6.03. The second-order valence-electron chi connectivity index (χ2n) is 4.93. The lowest BCUT2D eigenvalue weighted by Gasteiger charge is -2.32. The molecule has 1 aromatic rings. The molecule has 3 heteroatoms. The van der Waals surface area contributed by atoms with E-state index < -0.39 is 0 Å². The average molecular weight is 234 g/mol. The normalized spacial score (nSPS) is 21.6. The quantitative estimate of drug-likeness (QED) is 0.834. The molecule has 1 aromatic carbocycles. The van der Waals surface area contributed by atoms with Gasteiger partial charge in [-0.1, -0.05) is 18.2 Å². The van der Waals surface area contributed by atoms with Crippen LogP contribution in [-0.4, -0.2) is 36.7 Å². The summed E-state index contributed by atoms with van der Waals surface area (Å²) in [6, 6.07) is 7.64. The summed E-state index contributed by atoms with van der Waals surface area (Å²) in [5, 5.41) is 13.0. The highest BCUT2D eigenvalue weighted by Gasteiger charge is 2.19. The SMILES string of the molecule is CNCC1CCCN(Cc2ccccc2O)C1. The molecule has 2 N–H and O–H groups in total. The summed E-state index contributed by atoms with van der Waals surface area (Å²) in [4.78, 5) is 2.44. The molecule has 2 rings (SSSR count). The number of hydrogen-bond acceptors (Lipinski definition) is 3. The minimum atomic E-state index is 0.420. The summed E-state index contributed by atoms with van der Waals surface area (Å²) < 4.78 is 0. The van der Waals surface area contributed by atoms with Crippen molar-refractivity contribution in [1.29, 1.82) is 0 Å². The zero-order chi connectivity index (χ0) is 12.1. The van der Waals surface area contributed by atoms with Gasteiger partial charge < -0.3 is 10.4 Å². The molecule has 0 aliphatic carbocycles. The largest absolute Gasteiger partial charge is 0.508 e. The Labute approximate surface area is 103 Å². The predicted molar refractivity (Wildman–Crippen MR) is 70.0 cm³/mol. The highest BCUT2D eigenvalue weighted by molar-refractivity contribution is 5.31. The van der Waals surface area contributed by atoms with Gasteiger partial charge in [-0.05, 0) is 45.0 Å². The maximum absolute atomic E-state index is 9.77. The Morgan fingerprint density at radius 2 is 2.24 bits per heavy atom. The lowest BCUT2D eigenvalue weighted by molar-refractivity contribution is 0.165. The number of phenols is 1. The number of aromatic hydroxyl groups is 1. The van der Waals surface area contributed by atoms with Crippen molar-refractivity contribution in [2.75, 3.05) is 26.7 Å². The minimum absolute atomic E-state index is 0.420. The number of likely N-dealkylation sites (tertiary alicyclic amines) is 1. The van der Waals surface area contributed by atoms with E-state index in [4.69, 9.17) is 0 Å². The van der Waals surface area contributed by atoms with E-state index in [1.807, 2.05) is 25.2 Å². The average Bonchev–Trinajstić information content (AvgIpc) is 2.33. The summed E-state index contributed by atoms with van der Waals surface area (Å²) in [5.74, 6) is 1.17. The van der Waals surface area contributed by atoms with Crippen LogP contribution >= 0.6 is 0 Å². The third-order valence-corrected chi connectivity index (χ3v) is 3.48. The minimum Gasteiger partial charge on any atom is -0.508 e. The molecular formula is C14H22N2O. The van der Waals surface area contributed by atoms with Gasteiger partial charge in [0.15, 0.2) is 0 Å². The van der Waals surface area contributed by atoms with Gasteiger partial charge >= 0.3 is 0 Å². The van der Waals surface area contributed by atoms with Crippen LogP contribution in [0.5, 0.6) is 5.75 Å². The number of benzene rings is 1. The Balaban J connectivity index is 1.92. The molecule has 0 radical (unpaired) electrons. The molecule has 1 saturated heterocycles. The molecule has 1 fully saturated rings. The van der Waals surface area contributed by atoms with Crippen molar-refractivity contribution in [3.63, 3.8) is 0 Å². The Morgan fingerprint density at radius 3 is 3.00 bits per heavy atom. The Bertz CT molecular complexity index is 352. The number of hydrogen-bond donors (Lipinski definition) is 2. The highest BCUT2D eigenvalue weighted by Crippen LogP contribution is 2.22. The van der Waals surface area contributed by atoms with Crippen molar-refractivity contribution >= 4 is 0 Å². The summed E-state index contributed by atoms with van der Waals surface area (Å²) >= 11 is 0. The van der Waals surface area contributed by atoms with Crippen molar-refractivity contribution in [2.45, 2.75) is 19.4 Å². The number of nitrogens with zero attached hydrogens (tertiary/aromatic N) is 1. The molecule has 17 heavy (non-hydrogen) atoms. The molecule has 0 aromatic heterocycles. The third kappa shape index (κ3) is 3.45. The molecule has 0 amide bonds. The van der Waals surface area contributed by atoms with Gasteiger partial charge in [-0.2, -0.15) is 0 Å². The molecule has 3 nitrogen and oxygen atoms in total. The maximum Gasteiger partial charge on any atom is 0.120 e. The first-order valence-corrected chi connectivity index (χ1v) is 6.43. The van der Waals surface area contributed by atoms with Crippen molar-refractivity contribution < 1.29 is 5.11 Å². The van der Waals surface area contributed by atoms with E-state index in [2.05, 4.69) is 10.2 Å². The summed E-state index contributed by atoms with van der Waals surface area (Å²) in [7, 11) is 2.02. The van der Waals surface area contributed by atoms with Crippen LogP contribution in [0.1, 0.15) is 18.4 Å². The van der Waals surface area contributed by atoms with Gasteiger partial charge in [-0.25, -0.2) is 0 Å². The van der Waals surface area contributed by atoms with Crippen molar-refractivity contribution in [2.24, 2.45) is 5.92 Å². The van der Waals surface area contributed by atoms with Crippen LogP contribution in [0.2, 0.25) is 0 Å². The van der Waals surface area contributed by atoms with E-state index in [0.29, 0.717) is 5.75 Å². The summed E-state index contributed by atoms with van der Waals surface area (Å²) in [5.41, 5.74) is 1.04. The molecule has 1 unspecified atom stereocenters. The molecule has 1 aliphatic heterocycles. The Kier molecular flexibility index (Phi) is 4.40.